The van der Waals surface area contributed by atoms with E-state index in [0.29, 0.717) is 24.3 Å². The van der Waals surface area contributed by atoms with Gasteiger partial charge in [-0.1, -0.05) is 12.1 Å². The minimum Gasteiger partial charge on any atom is -0.399 e. The summed E-state index contributed by atoms with van der Waals surface area (Å²) in [4.78, 5) is 22.8. The summed E-state index contributed by atoms with van der Waals surface area (Å²) in [5, 5.41) is 10.1. The molecule has 30 heavy (non-hydrogen) atoms. The lowest BCUT2D eigenvalue weighted by Crippen LogP contribution is -2.37. The fraction of sp³-hybridized carbons (Fsp3) is 0.684. The van der Waals surface area contributed by atoms with Crippen LogP contribution in [0.25, 0.3) is 0 Å². The second-order valence-electron chi connectivity index (χ2n) is 7.95. The van der Waals surface area contributed by atoms with Crippen LogP contribution in [0.2, 0.25) is 0 Å². The summed E-state index contributed by atoms with van der Waals surface area (Å²) in [7, 11) is -7.58. The van der Waals surface area contributed by atoms with Gasteiger partial charge in [-0.3, -0.25) is 14.0 Å². The molecule has 0 saturated carbocycles. The van der Waals surface area contributed by atoms with Crippen molar-refractivity contribution >= 4 is 20.4 Å². The molecule has 0 radical (unpaired) electrons. The molecule has 2 unspecified atom stereocenters. The molecule has 2 atom stereocenters. The number of nitrogens with zero attached hydrogens (tertiary/aromatic N) is 1. The third-order valence-corrected chi connectivity index (χ3v) is 10.1. The molecule has 1 heterocycles. The van der Waals surface area contributed by atoms with Crippen LogP contribution in [0.1, 0.15) is 18.4 Å². The van der Waals surface area contributed by atoms with Crippen LogP contribution in [0.3, 0.4) is 0 Å². The minimum absolute atomic E-state index is 0.0669. The Morgan fingerprint density at radius 1 is 0.833 bits per heavy atom. The van der Waals surface area contributed by atoms with Crippen LogP contribution in [-0.4, -0.2) is 79.2 Å². The Kier molecular flexibility index (Phi) is 11.0. The Morgan fingerprint density at radius 2 is 1.43 bits per heavy atom. The summed E-state index contributed by atoms with van der Waals surface area (Å²) in [5.74, 6) is -0.571. The van der Waals surface area contributed by atoms with Gasteiger partial charge < -0.3 is 31.5 Å². The fourth-order valence-corrected chi connectivity index (χ4v) is 8.68. The molecule has 1 aromatic carbocycles. The molecule has 0 aliphatic carbocycles. The molecule has 9 nitrogen and oxygen atoms in total. The molecule has 1 aromatic rings. The predicted octanol–water partition coefficient (Wildman–Crippen LogP) is 1.09. The average molecular weight is 461 g/mol. The second-order valence-corrected chi connectivity index (χ2v) is 13.1. The van der Waals surface area contributed by atoms with E-state index in [2.05, 4.69) is 16.0 Å². The van der Waals surface area contributed by atoms with Gasteiger partial charge >= 0.3 is 0 Å². The van der Waals surface area contributed by atoms with Crippen molar-refractivity contribution in [2.75, 3.05) is 70.3 Å². The Balaban J connectivity index is 1.90. The molecule has 1 saturated heterocycles. The highest BCUT2D eigenvalue weighted by molar-refractivity contribution is 7.74. The summed E-state index contributed by atoms with van der Waals surface area (Å²) < 4.78 is 25.5. The second kappa shape index (κ2) is 12.9. The Morgan fingerprint density at radius 3 is 2.10 bits per heavy atom. The Labute approximate surface area is 179 Å². The van der Waals surface area contributed by atoms with Crippen LogP contribution in [0.4, 0.5) is 5.69 Å². The van der Waals surface area contributed by atoms with Crippen LogP contribution in [0.15, 0.2) is 24.3 Å². The number of nitrogens with two attached hydrogens (primary N) is 1. The Bertz CT molecular complexity index is 705. The normalized spacial score (nSPS) is 22.5. The van der Waals surface area contributed by atoms with Crippen LogP contribution in [-0.2, 0) is 15.3 Å². The Hall–Kier alpha value is -0.760. The van der Waals surface area contributed by atoms with Gasteiger partial charge in [-0.2, -0.15) is 0 Å². The largest absolute Gasteiger partial charge is 0.399 e. The van der Waals surface area contributed by atoms with Crippen molar-refractivity contribution < 1.29 is 18.9 Å². The zero-order chi connectivity index (χ0) is 21.9. The lowest BCUT2D eigenvalue weighted by molar-refractivity contribution is 0.294. The van der Waals surface area contributed by atoms with Crippen molar-refractivity contribution in [3.8, 4) is 0 Å². The van der Waals surface area contributed by atoms with Gasteiger partial charge in [-0.25, -0.2) is 0 Å². The maximum atomic E-state index is 12.8. The van der Waals surface area contributed by atoms with Gasteiger partial charge in [-0.05, 0) is 56.7 Å². The van der Waals surface area contributed by atoms with E-state index in [4.69, 9.17) is 5.73 Å². The number of benzene rings is 1. The molecule has 1 fully saturated rings. The van der Waals surface area contributed by atoms with Gasteiger partial charge in [0.15, 0.2) is 0 Å². The highest BCUT2D eigenvalue weighted by Gasteiger charge is 2.32. The summed E-state index contributed by atoms with van der Waals surface area (Å²) in [6.07, 6.45) is 1.68. The number of nitrogen functional groups attached to an aromatic ring is 1. The third kappa shape index (κ3) is 11.0. The van der Waals surface area contributed by atoms with Crippen LogP contribution in [0, 0.1) is 0 Å². The fourth-order valence-electron chi connectivity index (χ4n) is 3.47. The first-order valence-electron chi connectivity index (χ1n) is 10.6. The summed E-state index contributed by atoms with van der Waals surface area (Å²) in [6, 6.07) is 6.67. The molecule has 172 valence electrons. The number of hydrogen-bond donors (Lipinski definition) is 6. The molecular formula is C19H37N5O4P2. The molecule has 0 bridgehead atoms. The van der Waals surface area contributed by atoms with Crippen molar-refractivity contribution in [3.63, 3.8) is 0 Å². The number of hydrogen-bond acceptors (Lipinski definition) is 7. The highest BCUT2D eigenvalue weighted by atomic mass is 31.2. The van der Waals surface area contributed by atoms with E-state index >= 15 is 0 Å². The molecular weight excluding hydrogens is 424 g/mol. The zero-order valence-corrected chi connectivity index (χ0v) is 19.4. The topological polar surface area (TPSA) is 140 Å². The zero-order valence-electron chi connectivity index (χ0n) is 17.6. The molecule has 11 heteroatoms. The average Bonchev–Trinajstić information content (AvgIpc) is 2.65. The highest BCUT2D eigenvalue weighted by Crippen LogP contribution is 2.58. The quantitative estimate of drug-likeness (QED) is 0.271. The van der Waals surface area contributed by atoms with E-state index in [1.807, 2.05) is 4.90 Å². The van der Waals surface area contributed by atoms with Crippen molar-refractivity contribution in [2.45, 2.75) is 19.0 Å². The predicted molar refractivity (Wildman–Crippen MR) is 123 cm³/mol. The number of rotatable bonds is 6. The number of anilines is 1. The van der Waals surface area contributed by atoms with Gasteiger partial charge in [0.05, 0.1) is 12.4 Å². The van der Waals surface area contributed by atoms with Crippen LogP contribution in [0.5, 0.6) is 0 Å². The van der Waals surface area contributed by atoms with E-state index < -0.39 is 20.6 Å². The lowest BCUT2D eigenvalue weighted by Gasteiger charge is -2.26. The molecule has 7 N–H and O–H groups in total. The van der Waals surface area contributed by atoms with Gasteiger partial charge in [0.2, 0.25) is 14.7 Å². The molecule has 2 rings (SSSR count). The first-order chi connectivity index (χ1) is 14.3. The van der Waals surface area contributed by atoms with E-state index in [9.17, 15) is 18.9 Å². The summed E-state index contributed by atoms with van der Waals surface area (Å²) in [6.45, 7) is 6.52. The molecule has 1 aliphatic rings. The third-order valence-electron chi connectivity index (χ3n) is 4.89. The SMILES string of the molecule is Nc1ccc(CP(=O)(O)CP(=O)(O)CN2CCCNCCNCCCNCC2)cc1. The van der Waals surface area contributed by atoms with Gasteiger partial charge in [0.1, 0.15) is 5.90 Å². The maximum absolute atomic E-state index is 12.8. The van der Waals surface area contributed by atoms with E-state index in [-0.39, 0.29) is 12.4 Å². The first-order valence-corrected chi connectivity index (χ1v) is 14.6. The standard InChI is InChI=1S/C19H37N5O4P2/c20-19-5-3-18(4-6-19)15-29(25,26)17-30(27,28)16-24-13-2-9-22-11-10-21-7-1-8-23-12-14-24/h3-6,21-23H,1-2,7-17,20H2,(H,25,26)(H,27,28). The van der Waals surface area contributed by atoms with Crippen molar-refractivity contribution in [1.29, 1.82) is 0 Å². The van der Waals surface area contributed by atoms with Crippen molar-refractivity contribution in [1.82, 2.24) is 20.9 Å². The van der Waals surface area contributed by atoms with E-state index in [1.165, 1.54) is 0 Å². The van der Waals surface area contributed by atoms with Crippen molar-refractivity contribution in [2.24, 2.45) is 0 Å². The monoisotopic (exact) mass is 461 g/mol. The first kappa shape index (κ1) is 25.5. The van der Waals surface area contributed by atoms with Crippen LogP contribution < -0.4 is 21.7 Å². The molecule has 0 amide bonds. The smallest absolute Gasteiger partial charge is 0.223 e. The van der Waals surface area contributed by atoms with Gasteiger partial charge in [0.25, 0.3) is 0 Å². The van der Waals surface area contributed by atoms with E-state index in [0.717, 1.165) is 52.1 Å². The van der Waals surface area contributed by atoms with E-state index in [1.54, 1.807) is 24.3 Å². The molecule has 0 spiro atoms. The van der Waals surface area contributed by atoms with Crippen LogP contribution >= 0.6 is 14.7 Å². The maximum Gasteiger partial charge on any atom is 0.223 e. The number of nitrogens with one attached hydrogen (secondary N) is 3. The summed E-state index contributed by atoms with van der Waals surface area (Å²) in [5.41, 5.74) is 6.85. The molecule has 0 aromatic heterocycles. The lowest BCUT2D eigenvalue weighted by atomic mass is 10.2. The molecule has 1 aliphatic heterocycles. The van der Waals surface area contributed by atoms with Gasteiger partial charge in [0, 0.05) is 31.9 Å². The summed E-state index contributed by atoms with van der Waals surface area (Å²) >= 11 is 0. The van der Waals surface area contributed by atoms with Gasteiger partial charge in [-0.15, -0.1) is 0 Å². The minimum atomic E-state index is -3.79. The van der Waals surface area contributed by atoms with Crippen molar-refractivity contribution in [3.05, 3.63) is 29.8 Å².